The highest BCUT2D eigenvalue weighted by Crippen LogP contribution is 2.53. The van der Waals surface area contributed by atoms with E-state index in [4.69, 9.17) is 5.73 Å². The molecule has 2 saturated carbocycles. The van der Waals surface area contributed by atoms with Gasteiger partial charge >= 0.3 is 0 Å². The van der Waals surface area contributed by atoms with Gasteiger partial charge in [0.15, 0.2) is 0 Å². The minimum absolute atomic E-state index is 0.00232. The van der Waals surface area contributed by atoms with E-state index in [0.717, 1.165) is 44.4 Å². The highest BCUT2D eigenvalue weighted by molar-refractivity contribution is 5.03. The van der Waals surface area contributed by atoms with Crippen molar-refractivity contribution in [3.8, 4) is 0 Å². The van der Waals surface area contributed by atoms with Gasteiger partial charge in [-0.25, -0.2) is 0 Å². The second-order valence-corrected chi connectivity index (χ2v) is 8.77. The van der Waals surface area contributed by atoms with Crippen molar-refractivity contribution in [1.82, 2.24) is 0 Å². The van der Waals surface area contributed by atoms with E-state index in [9.17, 15) is 5.11 Å². The highest BCUT2D eigenvalue weighted by Gasteiger charge is 2.51. The molecule has 124 valence electrons. The molecule has 0 aliphatic heterocycles. The molecule has 1 unspecified atom stereocenters. The summed E-state index contributed by atoms with van der Waals surface area (Å²) in [6.07, 6.45) is 12.9. The van der Waals surface area contributed by atoms with Crippen LogP contribution in [-0.4, -0.2) is 17.3 Å². The summed E-state index contributed by atoms with van der Waals surface area (Å²) in [5.41, 5.74) is 6.11. The van der Waals surface area contributed by atoms with Crippen molar-refractivity contribution in [3.63, 3.8) is 0 Å². The van der Waals surface area contributed by atoms with E-state index in [1.54, 1.807) is 0 Å². The maximum atomic E-state index is 11.5. The van der Waals surface area contributed by atoms with E-state index in [1.807, 2.05) is 0 Å². The molecule has 0 aromatic rings. The van der Waals surface area contributed by atoms with Gasteiger partial charge in [0.1, 0.15) is 0 Å². The van der Waals surface area contributed by atoms with Crippen molar-refractivity contribution >= 4 is 0 Å². The first-order chi connectivity index (χ1) is 9.86. The first-order valence-electron chi connectivity index (χ1n) is 9.29. The normalized spacial score (nSPS) is 40.7. The maximum Gasteiger partial charge on any atom is 0.0716 e. The zero-order valence-corrected chi connectivity index (χ0v) is 14.6. The Morgan fingerprint density at radius 2 is 1.67 bits per heavy atom. The number of hydrogen-bond donors (Lipinski definition) is 2. The lowest BCUT2D eigenvalue weighted by molar-refractivity contribution is -0.116. The lowest BCUT2D eigenvalue weighted by Gasteiger charge is -2.51. The Hall–Kier alpha value is -0.0800. The zero-order valence-electron chi connectivity index (χ0n) is 14.6. The van der Waals surface area contributed by atoms with Gasteiger partial charge < -0.3 is 10.8 Å². The van der Waals surface area contributed by atoms with Crippen molar-refractivity contribution < 1.29 is 5.11 Å². The molecule has 21 heavy (non-hydrogen) atoms. The van der Waals surface area contributed by atoms with Crippen LogP contribution in [-0.2, 0) is 0 Å². The molecule has 0 heterocycles. The molecule has 2 rings (SSSR count). The Bertz CT molecular complexity index is 330. The van der Waals surface area contributed by atoms with Crippen LogP contribution in [0.2, 0.25) is 0 Å². The predicted octanol–water partition coefficient (Wildman–Crippen LogP) is 4.64. The van der Waals surface area contributed by atoms with Crippen LogP contribution in [0.25, 0.3) is 0 Å². The third-order valence-electron chi connectivity index (χ3n) is 6.80. The second kappa shape index (κ2) is 6.58. The molecule has 0 saturated heterocycles. The van der Waals surface area contributed by atoms with Gasteiger partial charge in [-0.05, 0) is 62.7 Å². The third-order valence-corrected chi connectivity index (χ3v) is 6.80. The Morgan fingerprint density at radius 3 is 2.24 bits per heavy atom. The Kier molecular flexibility index (Phi) is 5.41. The summed E-state index contributed by atoms with van der Waals surface area (Å²) >= 11 is 0. The molecule has 0 amide bonds. The first-order valence-corrected chi connectivity index (χ1v) is 9.29. The molecule has 0 radical (unpaired) electrons. The molecule has 2 fully saturated rings. The number of rotatable bonds is 4. The van der Waals surface area contributed by atoms with Gasteiger partial charge in [0.2, 0.25) is 0 Å². The van der Waals surface area contributed by atoms with Crippen molar-refractivity contribution in [3.05, 3.63) is 0 Å². The summed E-state index contributed by atoms with van der Waals surface area (Å²) in [5, 5.41) is 11.5. The van der Waals surface area contributed by atoms with Gasteiger partial charge in [-0.1, -0.05) is 40.0 Å². The zero-order chi connectivity index (χ0) is 15.6. The fourth-order valence-corrected chi connectivity index (χ4v) is 4.97. The molecule has 0 aromatic carbocycles. The van der Waals surface area contributed by atoms with Crippen molar-refractivity contribution in [1.29, 1.82) is 0 Å². The Balaban J connectivity index is 2.09. The summed E-state index contributed by atoms with van der Waals surface area (Å²) in [4.78, 5) is 0. The van der Waals surface area contributed by atoms with E-state index < -0.39 is 5.60 Å². The van der Waals surface area contributed by atoms with Crippen LogP contribution in [0.4, 0.5) is 0 Å². The fourth-order valence-electron chi connectivity index (χ4n) is 4.97. The molecule has 2 nitrogen and oxygen atoms in total. The van der Waals surface area contributed by atoms with Crippen molar-refractivity contribution in [2.24, 2.45) is 22.5 Å². The van der Waals surface area contributed by atoms with E-state index in [0.29, 0.717) is 12.0 Å². The van der Waals surface area contributed by atoms with Crippen molar-refractivity contribution in [2.45, 2.75) is 97.0 Å². The van der Waals surface area contributed by atoms with Crippen LogP contribution >= 0.6 is 0 Å². The molecule has 2 aliphatic rings. The molecule has 2 aliphatic carbocycles. The minimum Gasteiger partial charge on any atom is -0.389 e. The quantitative estimate of drug-likeness (QED) is 0.742. The molecule has 3 N–H and O–H groups in total. The SMILES string of the molecule is CCCC1CCC(CN)(C2(O)CCCC(C)(C)CC2)CC1. The van der Waals surface area contributed by atoms with Gasteiger partial charge in [-0.2, -0.15) is 0 Å². The molecule has 2 heteroatoms. The number of aliphatic hydroxyl groups is 1. The van der Waals surface area contributed by atoms with Crippen LogP contribution in [0, 0.1) is 16.7 Å². The molecule has 0 spiro atoms. The molecular formula is C19H37NO. The topological polar surface area (TPSA) is 46.2 Å². The second-order valence-electron chi connectivity index (χ2n) is 8.77. The van der Waals surface area contributed by atoms with Crippen LogP contribution in [0.1, 0.15) is 91.4 Å². The fraction of sp³-hybridized carbons (Fsp3) is 1.00. The summed E-state index contributed by atoms with van der Waals surface area (Å²) in [6.45, 7) is 7.66. The molecule has 1 atom stereocenters. The van der Waals surface area contributed by atoms with E-state index in [1.165, 1.54) is 32.1 Å². The van der Waals surface area contributed by atoms with Gasteiger partial charge in [-0.15, -0.1) is 0 Å². The highest BCUT2D eigenvalue weighted by atomic mass is 16.3. The van der Waals surface area contributed by atoms with Gasteiger partial charge in [0.25, 0.3) is 0 Å². The van der Waals surface area contributed by atoms with Gasteiger partial charge in [0.05, 0.1) is 5.60 Å². The monoisotopic (exact) mass is 295 g/mol. The number of hydrogen-bond acceptors (Lipinski definition) is 2. The molecule has 0 aromatic heterocycles. The van der Waals surface area contributed by atoms with E-state index in [2.05, 4.69) is 20.8 Å². The van der Waals surface area contributed by atoms with Crippen LogP contribution in [0.5, 0.6) is 0 Å². The predicted molar refractivity (Wildman–Crippen MR) is 90.2 cm³/mol. The van der Waals surface area contributed by atoms with Gasteiger partial charge in [0, 0.05) is 12.0 Å². The lowest BCUT2D eigenvalue weighted by Crippen LogP contribution is -2.54. The minimum atomic E-state index is -0.507. The van der Waals surface area contributed by atoms with E-state index in [-0.39, 0.29) is 5.41 Å². The first kappa shape index (κ1) is 17.3. The van der Waals surface area contributed by atoms with Crippen LogP contribution in [0.3, 0.4) is 0 Å². The average molecular weight is 296 g/mol. The van der Waals surface area contributed by atoms with Crippen molar-refractivity contribution in [2.75, 3.05) is 6.54 Å². The summed E-state index contributed by atoms with van der Waals surface area (Å²) < 4.78 is 0. The largest absolute Gasteiger partial charge is 0.389 e. The summed E-state index contributed by atoms with van der Waals surface area (Å²) in [6, 6.07) is 0. The Labute approximate surface area is 131 Å². The number of nitrogens with two attached hydrogens (primary N) is 1. The summed E-state index contributed by atoms with van der Waals surface area (Å²) in [7, 11) is 0. The molecular weight excluding hydrogens is 258 g/mol. The van der Waals surface area contributed by atoms with E-state index >= 15 is 0 Å². The summed E-state index contributed by atoms with van der Waals surface area (Å²) in [5.74, 6) is 0.875. The smallest absolute Gasteiger partial charge is 0.0716 e. The van der Waals surface area contributed by atoms with Crippen LogP contribution in [0.15, 0.2) is 0 Å². The lowest BCUT2D eigenvalue weighted by atomic mass is 9.58. The average Bonchev–Trinajstić information content (AvgIpc) is 2.60. The third kappa shape index (κ3) is 3.64. The van der Waals surface area contributed by atoms with Gasteiger partial charge in [-0.3, -0.25) is 0 Å². The maximum absolute atomic E-state index is 11.5. The van der Waals surface area contributed by atoms with Crippen LogP contribution < -0.4 is 5.73 Å². The Morgan fingerprint density at radius 1 is 1.00 bits per heavy atom. The molecule has 0 bridgehead atoms. The standard InChI is InChI=1S/C19H37NO/c1-4-6-16-7-11-18(15-20,12-8-16)19(21)10-5-9-17(2,3)13-14-19/h16,21H,4-15,20H2,1-3H3.